The smallest absolute Gasteiger partial charge is 0.395 e. The van der Waals surface area contributed by atoms with Crippen LogP contribution >= 0.6 is 0 Å². The lowest BCUT2D eigenvalue weighted by Crippen LogP contribution is -2.34. The van der Waals surface area contributed by atoms with Crippen molar-refractivity contribution < 1.29 is 19.2 Å². The summed E-state index contributed by atoms with van der Waals surface area (Å²) in [7, 11) is 0. The maximum atomic E-state index is 12.3. The minimum atomic E-state index is -0.843. The summed E-state index contributed by atoms with van der Waals surface area (Å²) in [6.07, 6.45) is -0.843. The Bertz CT molecular complexity index is 693. The van der Waals surface area contributed by atoms with E-state index in [-0.39, 0.29) is 12.3 Å². The molecular formula is C16H18N2O5. The highest BCUT2D eigenvalue weighted by molar-refractivity contribution is 5.91. The first-order valence-corrected chi connectivity index (χ1v) is 7.20. The minimum Gasteiger partial charge on any atom is -0.395 e. The number of aliphatic hydroxyl groups excluding tert-OH is 1. The number of hydrogen-bond donors (Lipinski definition) is 1. The fraction of sp³-hybridized carbons (Fsp3) is 0.312. The van der Waals surface area contributed by atoms with E-state index in [4.69, 9.17) is 4.42 Å². The van der Waals surface area contributed by atoms with Crippen LogP contribution in [0.4, 0.5) is 5.88 Å². The number of nitrogens with zero attached hydrogens (tertiary/aromatic N) is 2. The van der Waals surface area contributed by atoms with E-state index in [1.54, 1.807) is 19.1 Å². The first-order valence-electron chi connectivity index (χ1n) is 7.20. The van der Waals surface area contributed by atoms with Crippen LogP contribution in [0.3, 0.4) is 0 Å². The SMILES string of the molecule is CCN(CC(O)c1ccc(C)cc1)C(=O)c1ccc([N+](=O)[O-])o1. The van der Waals surface area contributed by atoms with E-state index in [0.29, 0.717) is 12.1 Å². The summed E-state index contributed by atoms with van der Waals surface area (Å²) in [6, 6.07) is 9.77. The molecule has 122 valence electrons. The number of carbonyl (C=O) groups is 1. The van der Waals surface area contributed by atoms with E-state index >= 15 is 0 Å². The largest absolute Gasteiger partial charge is 0.433 e. The third-order valence-electron chi connectivity index (χ3n) is 3.51. The maximum Gasteiger partial charge on any atom is 0.433 e. The standard InChI is InChI=1S/C16H18N2O5/c1-3-17(10-13(19)12-6-4-11(2)5-7-12)16(20)14-8-9-15(23-14)18(21)22/h4-9,13,19H,3,10H2,1-2H3. The van der Waals surface area contributed by atoms with E-state index in [0.717, 1.165) is 11.6 Å². The summed E-state index contributed by atoms with van der Waals surface area (Å²) in [6.45, 7) is 4.13. The van der Waals surface area contributed by atoms with Crippen LogP contribution in [0, 0.1) is 17.0 Å². The van der Waals surface area contributed by atoms with Gasteiger partial charge in [-0.25, -0.2) is 0 Å². The molecule has 23 heavy (non-hydrogen) atoms. The van der Waals surface area contributed by atoms with Crippen molar-refractivity contribution in [3.8, 4) is 0 Å². The van der Waals surface area contributed by atoms with Crippen LogP contribution in [-0.4, -0.2) is 33.9 Å². The first kappa shape index (κ1) is 16.7. The van der Waals surface area contributed by atoms with Gasteiger partial charge < -0.3 is 14.4 Å². The van der Waals surface area contributed by atoms with Crippen molar-refractivity contribution in [3.63, 3.8) is 0 Å². The van der Waals surface area contributed by atoms with Gasteiger partial charge in [0.2, 0.25) is 0 Å². The van der Waals surface area contributed by atoms with Crippen LogP contribution in [0.25, 0.3) is 0 Å². The number of nitro groups is 1. The van der Waals surface area contributed by atoms with Gasteiger partial charge in [-0.2, -0.15) is 0 Å². The molecule has 1 unspecified atom stereocenters. The van der Waals surface area contributed by atoms with E-state index in [1.807, 2.05) is 19.1 Å². The van der Waals surface area contributed by atoms with Crippen LogP contribution in [-0.2, 0) is 0 Å². The molecule has 1 aromatic carbocycles. The van der Waals surface area contributed by atoms with Crippen LogP contribution in [0.1, 0.15) is 34.7 Å². The molecule has 1 amide bonds. The number of rotatable bonds is 6. The van der Waals surface area contributed by atoms with Crippen molar-refractivity contribution in [1.82, 2.24) is 4.90 Å². The van der Waals surface area contributed by atoms with Gasteiger partial charge in [-0.05, 0) is 25.5 Å². The second-order valence-corrected chi connectivity index (χ2v) is 5.17. The molecule has 7 nitrogen and oxygen atoms in total. The van der Waals surface area contributed by atoms with Crippen LogP contribution in [0.5, 0.6) is 0 Å². The second-order valence-electron chi connectivity index (χ2n) is 5.17. The highest BCUT2D eigenvalue weighted by atomic mass is 16.6. The summed E-state index contributed by atoms with van der Waals surface area (Å²) in [5.41, 5.74) is 1.78. The molecule has 0 saturated heterocycles. The Morgan fingerprint density at radius 2 is 1.96 bits per heavy atom. The average molecular weight is 318 g/mol. The van der Waals surface area contributed by atoms with Crippen LogP contribution in [0.2, 0.25) is 0 Å². The van der Waals surface area contributed by atoms with Gasteiger partial charge in [0.05, 0.1) is 18.7 Å². The Morgan fingerprint density at radius 1 is 1.30 bits per heavy atom. The molecule has 0 aliphatic carbocycles. The zero-order valence-corrected chi connectivity index (χ0v) is 12.9. The molecular weight excluding hydrogens is 300 g/mol. The van der Waals surface area contributed by atoms with Gasteiger partial charge >= 0.3 is 5.88 Å². The first-order chi connectivity index (χ1) is 10.9. The predicted molar refractivity (Wildman–Crippen MR) is 83.1 cm³/mol. The van der Waals surface area contributed by atoms with Gasteiger partial charge in [0.15, 0.2) is 5.76 Å². The van der Waals surface area contributed by atoms with Gasteiger partial charge in [-0.1, -0.05) is 29.8 Å². The molecule has 1 atom stereocenters. The zero-order chi connectivity index (χ0) is 17.0. The maximum absolute atomic E-state index is 12.3. The van der Waals surface area contributed by atoms with Gasteiger partial charge in [0.1, 0.15) is 4.92 Å². The van der Waals surface area contributed by atoms with E-state index in [1.165, 1.54) is 11.0 Å². The fourth-order valence-corrected chi connectivity index (χ4v) is 2.15. The van der Waals surface area contributed by atoms with Crippen molar-refractivity contribution in [2.75, 3.05) is 13.1 Å². The van der Waals surface area contributed by atoms with Crippen molar-refractivity contribution in [1.29, 1.82) is 0 Å². The number of furan rings is 1. The van der Waals surface area contributed by atoms with E-state index in [9.17, 15) is 20.0 Å². The normalized spacial score (nSPS) is 12.0. The van der Waals surface area contributed by atoms with Gasteiger partial charge in [-0.15, -0.1) is 0 Å². The highest BCUT2D eigenvalue weighted by Crippen LogP contribution is 2.20. The average Bonchev–Trinajstić information content (AvgIpc) is 3.02. The lowest BCUT2D eigenvalue weighted by atomic mass is 10.1. The van der Waals surface area contributed by atoms with Crippen molar-refractivity contribution in [3.05, 3.63) is 63.4 Å². The molecule has 0 fully saturated rings. The lowest BCUT2D eigenvalue weighted by molar-refractivity contribution is -0.402. The summed E-state index contributed by atoms with van der Waals surface area (Å²) in [5.74, 6) is -1.09. The van der Waals surface area contributed by atoms with E-state index in [2.05, 4.69) is 0 Å². The topological polar surface area (TPSA) is 96.8 Å². The van der Waals surface area contributed by atoms with Crippen LogP contribution < -0.4 is 0 Å². The summed E-state index contributed by atoms with van der Waals surface area (Å²) >= 11 is 0. The lowest BCUT2D eigenvalue weighted by Gasteiger charge is -2.23. The Morgan fingerprint density at radius 3 is 2.48 bits per heavy atom. The molecule has 2 rings (SSSR count). The third-order valence-corrected chi connectivity index (χ3v) is 3.51. The van der Waals surface area contributed by atoms with Crippen molar-refractivity contribution in [2.24, 2.45) is 0 Å². The predicted octanol–water partition coefficient (Wildman–Crippen LogP) is 2.69. The summed E-state index contributed by atoms with van der Waals surface area (Å²) in [5, 5.41) is 20.9. The molecule has 2 aromatic rings. The molecule has 7 heteroatoms. The van der Waals surface area contributed by atoms with E-state index < -0.39 is 22.8 Å². The molecule has 0 bridgehead atoms. The summed E-state index contributed by atoms with van der Waals surface area (Å²) < 4.78 is 4.92. The Balaban J connectivity index is 2.10. The highest BCUT2D eigenvalue weighted by Gasteiger charge is 2.23. The molecule has 1 N–H and O–H groups in total. The Labute approximate surface area is 133 Å². The number of carbonyl (C=O) groups excluding carboxylic acids is 1. The van der Waals surface area contributed by atoms with Gasteiger partial charge in [-0.3, -0.25) is 14.9 Å². The van der Waals surface area contributed by atoms with Crippen LogP contribution in [0.15, 0.2) is 40.8 Å². The second kappa shape index (κ2) is 7.06. The van der Waals surface area contributed by atoms with Gasteiger partial charge in [0, 0.05) is 6.54 Å². The molecule has 0 saturated carbocycles. The molecule has 0 aliphatic rings. The number of benzene rings is 1. The molecule has 1 heterocycles. The monoisotopic (exact) mass is 318 g/mol. The molecule has 0 aliphatic heterocycles. The number of aliphatic hydroxyl groups is 1. The number of aryl methyl sites for hydroxylation is 1. The molecule has 0 spiro atoms. The quantitative estimate of drug-likeness (QED) is 0.652. The Kier molecular flexibility index (Phi) is 5.13. The number of amides is 1. The summed E-state index contributed by atoms with van der Waals surface area (Å²) in [4.78, 5) is 23.6. The minimum absolute atomic E-state index is 0.0763. The Hall–Kier alpha value is -2.67. The third kappa shape index (κ3) is 3.95. The molecule has 1 aromatic heterocycles. The van der Waals surface area contributed by atoms with Crippen molar-refractivity contribution in [2.45, 2.75) is 20.0 Å². The number of hydrogen-bond acceptors (Lipinski definition) is 5. The zero-order valence-electron chi connectivity index (χ0n) is 12.9. The number of likely N-dealkylation sites (N-methyl/N-ethyl adjacent to an activating group) is 1. The fourth-order valence-electron chi connectivity index (χ4n) is 2.15. The molecule has 0 radical (unpaired) electrons. The van der Waals surface area contributed by atoms with Gasteiger partial charge in [0.25, 0.3) is 5.91 Å². The van der Waals surface area contributed by atoms with Crippen molar-refractivity contribution >= 4 is 11.8 Å².